The Kier molecular flexibility index (Phi) is 4.70. The minimum atomic E-state index is -0.517. The van der Waals surface area contributed by atoms with Gasteiger partial charge in [0.05, 0.1) is 0 Å². The molecule has 7 heteroatoms. The van der Waals surface area contributed by atoms with E-state index in [2.05, 4.69) is 15.5 Å². The maximum atomic E-state index is 11.8. The predicted octanol–water partition coefficient (Wildman–Crippen LogP) is 0.849. The van der Waals surface area contributed by atoms with Gasteiger partial charge in [0.1, 0.15) is 11.4 Å². The van der Waals surface area contributed by atoms with Crippen molar-refractivity contribution in [2.45, 2.75) is 43.3 Å². The molecule has 20 heavy (non-hydrogen) atoms. The van der Waals surface area contributed by atoms with Crippen molar-refractivity contribution in [3.05, 3.63) is 5.82 Å². The minimum Gasteiger partial charge on any atom is -0.368 e. The van der Waals surface area contributed by atoms with E-state index in [-0.39, 0.29) is 5.91 Å². The third-order valence-electron chi connectivity index (χ3n) is 4.46. The number of nitrogens with two attached hydrogens (primary N) is 1. The molecule has 0 bridgehead atoms. The molecular weight excluding hydrogens is 274 g/mol. The molecule has 6 nitrogen and oxygen atoms in total. The fourth-order valence-electron chi connectivity index (χ4n) is 3.05. The van der Waals surface area contributed by atoms with E-state index >= 15 is 0 Å². The quantitative estimate of drug-likeness (QED) is 0.760. The zero-order valence-corrected chi connectivity index (χ0v) is 13.2. The van der Waals surface area contributed by atoms with Gasteiger partial charge in [-0.15, -0.1) is 10.2 Å². The molecule has 1 fully saturated rings. The number of amides is 1. The Morgan fingerprint density at radius 1 is 1.60 bits per heavy atom. The zero-order valence-electron chi connectivity index (χ0n) is 12.3. The van der Waals surface area contributed by atoms with Crippen molar-refractivity contribution in [3.63, 3.8) is 0 Å². The van der Waals surface area contributed by atoms with Crippen LogP contribution in [0.5, 0.6) is 0 Å². The fourth-order valence-corrected chi connectivity index (χ4v) is 4.06. The van der Waals surface area contributed by atoms with E-state index in [0.29, 0.717) is 5.92 Å². The smallest absolute Gasteiger partial charge is 0.238 e. The summed E-state index contributed by atoms with van der Waals surface area (Å²) < 4.78 is 1.98. The molecule has 1 amide bonds. The topological polar surface area (TPSA) is 85.8 Å². The van der Waals surface area contributed by atoms with Crippen LogP contribution < -0.4 is 11.1 Å². The van der Waals surface area contributed by atoms with Crippen LogP contribution in [0.25, 0.3) is 0 Å². The van der Waals surface area contributed by atoms with Gasteiger partial charge < -0.3 is 15.6 Å². The van der Waals surface area contributed by atoms with Crippen LogP contribution in [0.1, 0.15) is 31.5 Å². The van der Waals surface area contributed by atoms with Crippen molar-refractivity contribution in [3.8, 4) is 0 Å². The minimum absolute atomic E-state index is 0.220. The maximum Gasteiger partial charge on any atom is 0.238 e. The van der Waals surface area contributed by atoms with Crippen LogP contribution in [0.3, 0.4) is 0 Å². The number of aromatic nitrogens is 3. The lowest BCUT2D eigenvalue weighted by Gasteiger charge is -2.32. The summed E-state index contributed by atoms with van der Waals surface area (Å²) in [5.41, 5.74) is 5.09. The molecule has 0 saturated heterocycles. The average Bonchev–Trinajstić information content (AvgIpc) is 2.97. The first kappa shape index (κ1) is 15.3. The number of nitrogens with one attached hydrogen (secondary N) is 1. The Morgan fingerprint density at radius 2 is 2.35 bits per heavy atom. The molecule has 0 aromatic carbocycles. The summed E-state index contributed by atoms with van der Waals surface area (Å²) in [6.45, 7) is 1.94. The van der Waals surface area contributed by atoms with Gasteiger partial charge in [0.2, 0.25) is 5.91 Å². The van der Waals surface area contributed by atoms with E-state index in [1.165, 1.54) is 0 Å². The Bertz CT molecular complexity index is 489. The summed E-state index contributed by atoms with van der Waals surface area (Å²) in [6, 6.07) is 0. The predicted molar refractivity (Wildman–Crippen MR) is 79.4 cm³/mol. The first-order valence-electron chi connectivity index (χ1n) is 6.99. The van der Waals surface area contributed by atoms with Gasteiger partial charge in [-0.3, -0.25) is 4.79 Å². The second-order valence-corrected chi connectivity index (χ2v) is 6.46. The van der Waals surface area contributed by atoms with E-state index in [4.69, 9.17) is 5.73 Å². The molecular formula is C13H23N5OS. The first-order chi connectivity index (χ1) is 9.51. The highest BCUT2D eigenvalue weighted by Gasteiger charge is 2.46. The zero-order chi connectivity index (χ0) is 14.8. The second-order valence-electron chi connectivity index (χ2n) is 5.40. The second kappa shape index (κ2) is 6.13. The van der Waals surface area contributed by atoms with Crippen LogP contribution in [0.2, 0.25) is 0 Å². The van der Waals surface area contributed by atoms with Crippen molar-refractivity contribution < 1.29 is 4.79 Å². The van der Waals surface area contributed by atoms with Gasteiger partial charge in [0, 0.05) is 12.8 Å². The van der Waals surface area contributed by atoms with E-state index in [1.54, 1.807) is 11.8 Å². The number of aryl methyl sites for hydroxylation is 1. The molecule has 1 aliphatic rings. The number of likely N-dealkylation sites (N-methyl/N-ethyl adjacent to an activating group) is 1. The normalized spacial score (nSPS) is 26.1. The molecule has 1 aromatic heterocycles. The van der Waals surface area contributed by atoms with E-state index < -0.39 is 5.54 Å². The molecule has 1 heterocycles. The van der Waals surface area contributed by atoms with Crippen LogP contribution in [-0.2, 0) is 11.8 Å². The van der Waals surface area contributed by atoms with Gasteiger partial charge in [0.25, 0.3) is 0 Å². The highest BCUT2D eigenvalue weighted by atomic mass is 32.2. The van der Waals surface area contributed by atoms with Crippen molar-refractivity contribution in [1.29, 1.82) is 0 Å². The number of carbonyl (C=O) groups is 1. The highest BCUT2D eigenvalue weighted by Crippen LogP contribution is 2.38. The molecule has 0 spiro atoms. The summed E-state index contributed by atoms with van der Waals surface area (Å²) in [6.07, 6.45) is 3.92. The molecule has 0 radical (unpaired) electrons. The molecule has 1 aliphatic carbocycles. The van der Waals surface area contributed by atoms with E-state index in [9.17, 15) is 4.79 Å². The van der Waals surface area contributed by atoms with Gasteiger partial charge in [-0.05, 0) is 39.2 Å². The molecule has 2 atom stereocenters. The summed E-state index contributed by atoms with van der Waals surface area (Å²) in [5, 5.41) is 12.3. The summed E-state index contributed by atoms with van der Waals surface area (Å²) in [7, 11) is 3.80. The number of nitrogens with zero attached hydrogens (tertiary/aromatic N) is 3. The van der Waals surface area contributed by atoms with Crippen molar-refractivity contribution >= 4 is 17.7 Å². The number of primary amides is 1. The summed E-state index contributed by atoms with van der Waals surface area (Å²) in [4.78, 5) is 11.8. The average molecular weight is 297 g/mol. The SMILES string of the molecule is CNC1(C(N)=O)CCCC1CCSc1nnc(C)n1C. The number of hydrogen-bond acceptors (Lipinski definition) is 5. The maximum absolute atomic E-state index is 11.8. The van der Waals surface area contributed by atoms with Gasteiger partial charge in [-0.25, -0.2) is 0 Å². The number of rotatable bonds is 6. The van der Waals surface area contributed by atoms with Crippen LogP contribution in [0.4, 0.5) is 0 Å². The highest BCUT2D eigenvalue weighted by molar-refractivity contribution is 7.99. The molecule has 3 N–H and O–H groups in total. The molecule has 2 rings (SSSR count). The van der Waals surface area contributed by atoms with E-state index in [1.807, 2.05) is 25.6 Å². The largest absolute Gasteiger partial charge is 0.368 e. The van der Waals surface area contributed by atoms with Gasteiger partial charge in [0.15, 0.2) is 5.16 Å². The van der Waals surface area contributed by atoms with Crippen LogP contribution in [0.15, 0.2) is 5.16 Å². The molecule has 1 aromatic rings. The molecule has 0 aliphatic heterocycles. The van der Waals surface area contributed by atoms with E-state index in [0.717, 1.165) is 42.4 Å². The monoisotopic (exact) mass is 297 g/mol. The van der Waals surface area contributed by atoms with Gasteiger partial charge >= 0.3 is 0 Å². The van der Waals surface area contributed by atoms with Crippen LogP contribution in [0, 0.1) is 12.8 Å². The third kappa shape index (κ3) is 2.69. The molecule has 2 unspecified atom stereocenters. The van der Waals surface area contributed by atoms with Gasteiger partial charge in [-0.1, -0.05) is 18.2 Å². The third-order valence-corrected chi connectivity index (χ3v) is 5.51. The summed E-state index contributed by atoms with van der Waals surface area (Å²) in [5.74, 6) is 1.93. The lowest BCUT2D eigenvalue weighted by molar-refractivity contribution is -0.125. The fraction of sp³-hybridized carbons (Fsp3) is 0.769. The Labute approximate surface area is 123 Å². The number of thioether (sulfide) groups is 1. The van der Waals surface area contributed by atoms with Gasteiger partial charge in [-0.2, -0.15) is 0 Å². The Hall–Kier alpha value is -1.08. The standard InChI is InChI=1S/C13H23N5OS/c1-9-16-17-12(18(9)3)20-8-6-10-5-4-7-13(10,15-2)11(14)19/h10,15H,4-8H2,1-3H3,(H2,14,19). The first-order valence-corrected chi connectivity index (χ1v) is 7.97. The lowest BCUT2D eigenvalue weighted by atomic mass is 9.84. The van der Waals surface area contributed by atoms with Crippen LogP contribution in [-0.4, -0.2) is 39.0 Å². The van der Waals surface area contributed by atoms with Crippen LogP contribution >= 0.6 is 11.8 Å². The molecule has 1 saturated carbocycles. The Morgan fingerprint density at radius 3 is 2.90 bits per heavy atom. The Balaban J connectivity index is 1.93. The lowest BCUT2D eigenvalue weighted by Crippen LogP contribution is -2.56. The van der Waals surface area contributed by atoms with Crippen molar-refractivity contribution in [2.24, 2.45) is 18.7 Å². The molecule has 112 valence electrons. The summed E-state index contributed by atoms with van der Waals surface area (Å²) >= 11 is 1.69. The van der Waals surface area contributed by atoms with Crippen molar-refractivity contribution in [1.82, 2.24) is 20.1 Å². The number of hydrogen-bond donors (Lipinski definition) is 2. The van der Waals surface area contributed by atoms with Crippen molar-refractivity contribution in [2.75, 3.05) is 12.8 Å². The number of carbonyl (C=O) groups excluding carboxylic acids is 1.